The van der Waals surface area contributed by atoms with Gasteiger partial charge in [-0.1, -0.05) is 12.1 Å². The molecule has 15 heteroatoms. The molecule has 4 amide bonds. The van der Waals surface area contributed by atoms with Gasteiger partial charge < -0.3 is 19.6 Å². The first-order chi connectivity index (χ1) is 27.7. The number of para-hydroxylation sites is 1. The third-order valence-electron chi connectivity index (χ3n) is 12.3. The van der Waals surface area contributed by atoms with Gasteiger partial charge in [0.05, 0.1) is 41.5 Å². The standard InChI is InChI=1S/C41H46N10O5/c52-36-8-7-35(37(53)45-36)51-39(55)31-6-5-29(21-33(31)40(51)56)48-13-9-27(10-14-48)24-46-17-19-47(20-18-46)25-28-11-15-49(16-12-28)41-42-22-30(23-43-41)50-26-44-34-4-2-1-3-32(34)38(50)54/h1-6,21-23,26-28,35H,7-20,24-25H2,(H,45,52,53)/i1D. The molecule has 4 saturated heterocycles. The fourth-order valence-corrected chi connectivity index (χ4v) is 9.02. The molecule has 5 aliphatic heterocycles. The van der Waals surface area contributed by atoms with E-state index >= 15 is 0 Å². The van der Waals surface area contributed by atoms with E-state index in [0.717, 1.165) is 102 Å². The van der Waals surface area contributed by atoms with Crippen LogP contribution in [0, 0.1) is 11.8 Å². The zero-order chi connectivity index (χ0) is 39.2. The maximum absolute atomic E-state index is 13.3. The quantitative estimate of drug-likeness (QED) is 0.262. The predicted molar refractivity (Wildman–Crippen MR) is 209 cm³/mol. The van der Waals surface area contributed by atoms with Crippen molar-refractivity contribution in [3.8, 4) is 5.69 Å². The topological polar surface area (TPSA) is 157 Å². The van der Waals surface area contributed by atoms with Crippen LogP contribution < -0.4 is 20.7 Å². The summed E-state index contributed by atoms with van der Waals surface area (Å²) < 4.78 is 9.29. The van der Waals surface area contributed by atoms with Gasteiger partial charge in [-0.15, -0.1) is 0 Å². The average molecular weight is 760 g/mol. The van der Waals surface area contributed by atoms with Crippen LogP contribution in [0.5, 0.6) is 0 Å². The molecule has 0 aliphatic carbocycles. The molecule has 1 unspecified atom stereocenters. The van der Waals surface area contributed by atoms with Crippen molar-refractivity contribution < 1.29 is 20.5 Å². The lowest BCUT2D eigenvalue weighted by Crippen LogP contribution is -2.54. The minimum Gasteiger partial charge on any atom is -0.371 e. The molecule has 5 aliphatic rings. The Bertz CT molecular complexity index is 2280. The molecular weight excluding hydrogens is 713 g/mol. The molecule has 15 nitrogen and oxygen atoms in total. The normalized spacial score (nSPS) is 22.2. The highest BCUT2D eigenvalue weighted by molar-refractivity contribution is 6.23. The maximum Gasteiger partial charge on any atom is 0.265 e. The van der Waals surface area contributed by atoms with Crippen LogP contribution in [0.1, 0.15) is 60.6 Å². The number of nitrogens with zero attached hydrogens (tertiary/aromatic N) is 9. The van der Waals surface area contributed by atoms with E-state index in [-0.39, 0.29) is 30.4 Å². The molecule has 2 aromatic carbocycles. The zero-order valence-electron chi connectivity index (χ0n) is 32.3. The van der Waals surface area contributed by atoms with E-state index in [4.69, 9.17) is 1.37 Å². The lowest BCUT2D eigenvalue weighted by atomic mass is 9.94. The van der Waals surface area contributed by atoms with Crippen LogP contribution in [-0.4, -0.2) is 129 Å². The molecule has 7 heterocycles. The zero-order valence-corrected chi connectivity index (χ0v) is 31.3. The number of nitrogens with one attached hydrogen (secondary N) is 1. The number of benzene rings is 2. The number of rotatable bonds is 8. The summed E-state index contributed by atoms with van der Waals surface area (Å²) in [5.41, 5.74) is 2.42. The molecule has 4 fully saturated rings. The van der Waals surface area contributed by atoms with Gasteiger partial charge in [-0.25, -0.2) is 15.0 Å². The summed E-state index contributed by atoms with van der Waals surface area (Å²) in [4.78, 5) is 87.9. The van der Waals surface area contributed by atoms with Gasteiger partial charge in [0.1, 0.15) is 12.4 Å². The summed E-state index contributed by atoms with van der Waals surface area (Å²) in [6.07, 6.45) is 9.35. The van der Waals surface area contributed by atoms with Crippen molar-refractivity contribution in [2.45, 2.75) is 44.6 Å². The average Bonchev–Trinajstić information content (AvgIpc) is 3.47. The minimum atomic E-state index is -0.960. The van der Waals surface area contributed by atoms with Crippen molar-refractivity contribution in [1.29, 1.82) is 0 Å². The summed E-state index contributed by atoms with van der Waals surface area (Å²) in [5, 5.41) is 2.65. The van der Waals surface area contributed by atoms with Crippen LogP contribution in [0.4, 0.5) is 11.6 Å². The lowest BCUT2D eigenvalue weighted by molar-refractivity contribution is -0.136. The number of piperazine rings is 1. The van der Waals surface area contributed by atoms with E-state index in [1.165, 1.54) is 17.0 Å². The summed E-state index contributed by atoms with van der Waals surface area (Å²) in [6.45, 7) is 10.1. The van der Waals surface area contributed by atoms with Crippen LogP contribution in [0.2, 0.25) is 0 Å². The third kappa shape index (κ3) is 7.05. The Morgan fingerprint density at radius 3 is 2.00 bits per heavy atom. The molecule has 2 aromatic heterocycles. The second-order valence-corrected chi connectivity index (χ2v) is 15.7. The number of imide groups is 2. The molecule has 0 spiro atoms. The van der Waals surface area contributed by atoms with E-state index in [0.29, 0.717) is 45.5 Å². The van der Waals surface area contributed by atoms with Crippen molar-refractivity contribution in [1.82, 2.24) is 39.5 Å². The van der Waals surface area contributed by atoms with Gasteiger partial charge in [-0.2, -0.15) is 0 Å². The van der Waals surface area contributed by atoms with Crippen molar-refractivity contribution in [2.24, 2.45) is 11.8 Å². The van der Waals surface area contributed by atoms with E-state index in [9.17, 15) is 24.0 Å². The molecule has 1 N–H and O–H groups in total. The largest absolute Gasteiger partial charge is 0.371 e. The second kappa shape index (κ2) is 15.2. The van der Waals surface area contributed by atoms with E-state index in [2.05, 4.69) is 39.9 Å². The Labute approximate surface area is 325 Å². The molecule has 1 atom stereocenters. The highest BCUT2D eigenvalue weighted by Crippen LogP contribution is 2.32. The van der Waals surface area contributed by atoms with Gasteiger partial charge in [-0.3, -0.25) is 38.8 Å². The van der Waals surface area contributed by atoms with Crippen LogP contribution in [0.25, 0.3) is 16.6 Å². The fraction of sp³-hybridized carbons (Fsp3) is 0.463. The lowest BCUT2D eigenvalue weighted by Gasteiger charge is -2.41. The van der Waals surface area contributed by atoms with Crippen LogP contribution >= 0.6 is 0 Å². The Balaban J connectivity index is 0.704. The monoisotopic (exact) mass is 759 g/mol. The molecule has 0 bridgehead atoms. The number of amides is 4. The van der Waals surface area contributed by atoms with Gasteiger partial charge >= 0.3 is 0 Å². The molecule has 9 rings (SSSR count). The number of fused-ring (bicyclic) bond motifs is 2. The van der Waals surface area contributed by atoms with Gasteiger partial charge in [0.2, 0.25) is 17.8 Å². The van der Waals surface area contributed by atoms with Gasteiger partial charge in [0.15, 0.2) is 0 Å². The van der Waals surface area contributed by atoms with Crippen molar-refractivity contribution in [3.63, 3.8) is 0 Å². The first-order valence-electron chi connectivity index (χ1n) is 20.3. The van der Waals surface area contributed by atoms with Crippen LogP contribution in [0.3, 0.4) is 0 Å². The van der Waals surface area contributed by atoms with Crippen molar-refractivity contribution in [3.05, 3.63) is 82.6 Å². The Morgan fingerprint density at radius 2 is 1.34 bits per heavy atom. The highest BCUT2D eigenvalue weighted by atomic mass is 16.2. The number of aromatic nitrogens is 4. The van der Waals surface area contributed by atoms with Gasteiger partial charge in [0, 0.05) is 77.6 Å². The van der Waals surface area contributed by atoms with Gasteiger partial charge in [0.25, 0.3) is 17.4 Å². The number of anilines is 2. The predicted octanol–water partition coefficient (Wildman–Crippen LogP) is 2.33. The van der Waals surface area contributed by atoms with E-state index < -0.39 is 23.8 Å². The highest BCUT2D eigenvalue weighted by Gasteiger charge is 2.45. The van der Waals surface area contributed by atoms with E-state index in [1.54, 1.807) is 36.7 Å². The first-order valence-corrected chi connectivity index (χ1v) is 19.8. The molecule has 4 aromatic rings. The molecule has 290 valence electrons. The fourth-order valence-electron chi connectivity index (χ4n) is 9.02. The second-order valence-electron chi connectivity index (χ2n) is 15.7. The molecule has 0 saturated carbocycles. The smallest absolute Gasteiger partial charge is 0.265 e. The number of carbonyl (C=O) groups is 4. The Hall–Kier alpha value is -5.54. The number of piperidine rings is 3. The first kappa shape index (κ1) is 34.9. The Morgan fingerprint density at radius 1 is 0.696 bits per heavy atom. The Kier molecular flexibility index (Phi) is 9.47. The summed E-state index contributed by atoms with van der Waals surface area (Å²) in [5.74, 6) is -0.0128. The van der Waals surface area contributed by atoms with Crippen molar-refractivity contribution >= 4 is 46.2 Å². The maximum atomic E-state index is 13.3. The SMILES string of the molecule is [2H]c1ccc2ncn(-c3cnc(N4CCC(CN5CCN(CC6CCN(c7ccc8c(c7)C(=O)N(C7CCC(=O)NC7=O)C8=O)CC6)CC5)CC4)nc3)c(=O)c2c1. The van der Waals surface area contributed by atoms with Crippen LogP contribution in [-0.2, 0) is 9.59 Å². The number of hydrogen-bond donors (Lipinski definition) is 1. The summed E-state index contributed by atoms with van der Waals surface area (Å²) in [6, 6.07) is 9.54. The molecule has 56 heavy (non-hydrogen) atoms. The van der Waals surface area contributed by atoms with Crippen molar-refractivity contribution in [2.75, 3.05) is 75.2 Å². The minimum absolute atomic E-state index is 0.101. The van der Waals surface area contributed by atoms with Crippen LogP contribution in [0.15, 0.2) is 66.0 Å². The molecule has 0 radical (unpaired) electrons. The number of carbonyl (C=O) groups excluding carboxylic acids is 4. The van der Waals surface area contributed by atoms with E-state index in [1.807, 2.05) is 6.07 Å². The van der Waals surface area contributed by atoms with Gasteiger partial charge in [-0.05, 0) is 74.3 Å². The summed E-state index contributed by atoms with van der Waals surface area (Å²) in [7, 11) is 0. The molecular formula is C41H46N10O5. The third-order valence-corrected chi connectivity index (χ3v) is 12.3. The number of hydrogen-bond acceptors (Lipinski definition) is 12. The summed E-state index contributed by atoms with van der Waals surface area (Å²) >= 11 is 0.